The monoisotopic (exact) mass is 325 g/mol. The molecule has 0 unspecified atom stereocenters. The summed E-state index contributed by atoms with van der Waals surface area (Å²) in [5.74, 6) is 0.764. The van der Waals surface area contributed by atoms with E-state index >= 15 is 0 Å². The van der Waals surface area contributed by atoms with Crippen LogP contribution in [0.3, 0.4) is 0 Å². The molecule has 0 saturated carbocycles. The molecule has 1 amide bonds. The zero-order valence-corrected chi connectivity index (χ0v) is 13.9. The molecule has 24 heavy (non-hydrogen) atoms. The van der Waals surface area contributed by atoms with E-state index in [1.807, 2.05) is 49.4 Å². The number of hydrogen-bond acceptors (Lipinski definition) is 3. The maximum atomic E-state index is 12.2. The summed E-state index contributed by atoms with van der Waals surface area (Å²) in [7, 11) is 0. The average Bonchev–Trinajstić information content (AvgIpc) is 3.06. The molecule has 126 valence electrons. The van der Waals surface area contributed by atoms with Crippen LogP contribution in [-0.2, 0) is 16.0 Å². The summed E-state index contributed by atoms with van der Waals surface area (Å²) < 4.78 is 11.5. The Bertz CT molecular complexity index is 647. The van der Waals surface area contributed by atoms with E-state index in [0.717, 1.165) is 17.7 Å². The molecule has 0 spiro atoms. The van der Waals surface area contributed by atoms with Crippen LogP contribution in [0, 0.1) is 0 Å². The third kappa shape index (κ3) is 4.15. The van der Waals surface area contributed by atoms with E-state index < -0.39 is 6.10 Å². The van der Waals surface area contributed by atoms with Gasteiger partial charge < -0.3 is 14.8 Å². The molecule has 2 atom stereocenters. The summed E-state index contributed by atoms with van der Waals surface area (Å²) in [6, 6.07) is 17.9. The minimum absolute atomic E-state index is 0.0534. The number of amides is 1. The highest BCUT2D eigenvalue weighted by molar-refractivity contribution is 5.82. The van der Waals surface area contributed by atoms with Gasteiger partial charge in [0.05, 0.1) is 6.10 Å². The molecule has 0 bridgehead atoms. The number of benzene rings is 2. The molecule has 1 aliphatic rings. The van der Waals surface area contributed by atoms with Crippen molar-refractivity contribution in [1.82, 2.24) is 5.32 Å². The van der Waals surface area contributed by atoms with Crippen LogP contribution in [0.1, 0.15) is 30.6 Å². The fraction of sp³-hybridized carbons (Fsp3) is 0.350. The lowest BCUT2D eigenvalue weighted by molar-refractivity contribution is -0.127. The van der Waals surface area contributed by atoms with Crippen LogP contribution in [0.4, 0.5) is 0 Å². The van der Waals surface area contributed by atoms with Crippen molar-refractivity contribution in [3.63, 3.8) is 0 Å². The predicted octanol–water partition coefficient (Wildman–Crippen LogP) is 3.27. The van der Waals surface area contributed by atoms with Gasteiger partial charge in [-0.05, 0) is 30.5 Å². The molecule has 1 N–H and O–H groups in total. The van der Waals surface area contributed by atoms with Crippen molar-refractivity contribution in [2.45, 2.75) is 32.0 Å². The quantitative estimate of drug-likeness (QED) is 0.795. The van der Waals surface area contributed by atoms with E-state index in [9.17, 15) is 4.79 Å². The second-order valence-electron chi connectivity index (χ2n) is 5.99. The number of nitrogens with one attached hydrogen (secondary N) is 1. The van der Waals surface area contributed by atoms with Gasteiger partial charge in [-0.15, -0.1) is 0 Å². The fourth-order valence-electron chi connectivity index (χ4n) is 2.81. The first-order chi connectivity index (χ1) is 11.7. The minimum atomic E-state index is -0.411. The molecular formula is C20H23NO3. The number of carbonyl (C=O) groups excluding carboxylic acids is 1. The van der Waals surface area contributed by atoms with Crippen LogP contribution in [0.5, 0.6) is 5.75 Å². The van der Waals surface area contributed by atoms with E-state index in [0.29, 0.717) is 19.6 Å². The standard InChI is InChI=1S/C20H23NO3/c1-15(16-8-3-2-4-9-16)23-13-7-12-21-20(22)19-14-17-10-5-6-11-18(17)24-19/h2-6,8-11,15,19H,7,12-14H2,1H3,(H,21,22)/t15-,19+/m1/s1. The van der Waals surface area contributed by atoms with Gasteiger partial charge in [0.15, 0.2) is 6.10 Å². The van der Waals surface area contributed by atoms with Crippen molar-refractivity contribution in [2.24, 2.45) is 0 Å². The lowest BCUT2D eigenvalue weighted by Crippen LogP contribution is -2.38. The number of para-hydroxylation sites is 1. The Labute approximate surface area is 142 Å². The third-order valence-corrected chi connectivity index (χ3v) is 4.20. The lowest BCUT2D eigenvalue weighted by atomic mass is 10.1. The zero-order chi connectivity index (χ0) is 16.8. The highest BCUT2D eigenvalue weighted by Gasteiger charge is 2.28. The summed E-state index contributed by atoms with van der Waals surface area (Å²) in [5, 5.41) is 2.93. The third-order valence-electron chi connectivity index (χ3n) is 4.20. The maximum absolute atomic E-state index is 12.2. The summed E-state index contributed by atoms with van der Waals surface area (Å²) in [4.78, 5) is 12.2. The number of hydrogen-bond donors (Lipinski definition) is 1. The minimum Gasteiger partial charge on any atom is -0.480 e. The van der Waals surface area contributed by atoms with Crippen molar-refractivity contribution in [3.05, 3.63) is 65.7 Å². The average molecular weight is 325 g/mol. The fourth-order valence-corrected chi connectivity index (χ4v) is 2.81. The first-order valence-corrected chi connectivity index (χ1v) is 8.43. The van der Waals surface area contributed by atoms with E-state index in [1.54, 1.807) is 0 Å². The molecule has 0 aromatic heterocycles. The SMILES string of the molecule is C[C@@H](OCCCNC(=O)[C@@H]1Cc2ccccc2O1)c1ccccc1. The molecule has 4 nitrogen and oxygen atoms in total. The van der Waals surface area contributed by atoms with E-state index in [2.05, 4.69) is 17.4 Å². The molecule has 0 radical (unpaired) electrons. The Morgan fingerprint density at radius 3 is 2.75 bits per heavy atom. The summed E-state index contributed by atoms with van der Waals surface area (Å²) >= 11 is 0. The molecule has 1 heterocycles. The number of fused-ring (bicyclic) bond motifs is 1. The Hall–Kier alpha value is -2.33. The van der Waals surface area contributed by atoms with E-state index in [-0.39, 0.29) is 12.0 Å². The van der Waals surface area contributed by atoms with Gasteiger partial charge in [-0.25, -0.2) is 0 Å². The Morgan fingerprint density at radius 1 is 1.21 bits per heavy atom. The maximum Gasteiger partial charge on any atom is 0.261 e. The molecule has 0 fully saturated rings. The first kappa shape index (κ1) is 16.5. The molecule has 0 saturated heterocycles. The van der Waals surface area contributed by atoms with Crippen LogP contribution in [0.15, 0.2) is 54.6 Å². The lowest BCUT2D eigenvalue weighted by Gasteiger charge is -2.14. The molecule has 2 aromatic rings. The van der Waals surface area contributed by atoms with Crippen molar-refractivity contribution in [1.29, 1.82) is 0 Å². The molecule has 0 aliphatic carbocycles. The Kier molecular flexibility index (Phi) is 5.49. The van der Waals surface area contributed by atoms with Gasteiger partial charge in [-0.2, -0.15) is 0 Å². The second-order valence-corrected chi connectivity index (χ2v) is 5.99. The van der Waals surface area contributed by atoms with Gasteiger partial charge >= 0.3 is 0 Å². The van der Waals surface area contributed by atoms with Crippen LogP contribution >= 0.6 is 0 Å². The van der Waals surface area contributed by atoms with Crippen molar-refractivity contribution in [2.75, 3.05) is 13.2 Å². The predicted molar refractivity (Wildman–Crippen MR) is 93.0 cm³/mol. The largest absolute Gasteiger partial charge is 0.480 e. The van der Waals surface area contributed by atoms with Gasteiger partial charge in [-0.1, -0.05) is 48.5 Å². The molecule has 2 aromatic carbocycles. The van der Waals surface area contributed by atoms with Crippen LogP contribution < -0.4 is 10.1 Å². The highest BCUT2D eigenvalue weighted by Crippen LogP contribution is 2.28. The molecule has 4 heteroatoms. The molecule has 3 rings (SSSR count). The molecular weight excluding hydrogens is 302 g/mol. The van der Waals surface area contributed by atoms with Gasteiger partial charge in [0.25, 0.3) is 5.91 Å². The summed E-state index contributed by atoms with van der Waals surface area (Å²) in [5.41, 5.74) is 2.26. The summed E-state index contributed by atoms with van der Waals surface area (Å²) in [6.45, 7) is 3.25. The van der Waals surface area contributed by atoms with Crippen LogP contribution in [0.2, 0.25) is 0 Å². The number of carbonyl (C=O) groups is 1. The van der Waals surface area contributed by atoms with Gasteiger partial charge in [0.2, 0.25) is 0 Å². The van der Waals surface area contributed by atoms with Crippen molar-refractivity contribution < 1.29 is 14.3 Å². The normalized spacial score (nSPS) is 17.0. The molecule has 1 aliphatic heterocycles. The summed E-state index contributed by atoms with van der Waals surface area (Å²) in [6.07, 6.45) is 1.08. The van der Waals surface area contributed by atoms with Gasteiger partial charge in [-0.3, -0.25) is 4.79 Å². The number of ether oxygens (including phenoxy) is 2. The second kappa shape index (κ2) is 7.97. The first-order valence-electron chi connectivity index (χ1n) is 8.43. The van der Waals surface area contributed by atoms with Gasteiger partial charge in [0, 0.05) is 19.6 Å². The van der Waals surface area contributed by atoms with E-state index in [1.165, 1.54) is 5.56 Å². The Balaban J connectivity index is 1.33. The van der Waals surface area contributed by atoms with Gasteiger partial charge in [0.1, 0.15) is 5.75 Å². The van der Waals surface area contributed by atoms with Crippen molar-refractivity contribution >= 4 is 5.91 Å². The highest BCUT2D eigenvalue weighted by atomic mass is 16.5. The van der Waals surface area contributed by atoms with E-state index in [4.69, 9.17) is 9.47 Å². The van der Waals surface area contributed by atoms with Crippen LogP contribution in [-0.4, -0.2) is 25.2 Å². The number of rotatable bonds is 7. The van der Waals surface area contributed by atoms with Crippen LogP contribution in [0.25, 0.3) is 0 Å². The smallest absolute Gasteiger partial charge is 0.261 e. The van der Waals surface area contributed by atoms with Crippen molar-refractivity contribution in [3.8, 4) is 5.75 Å². The topological polar surface area (TPSA) is 47.6 Å². The zero-order valence-electron chi connectivity index (χ0n) is 13.9. The Morgan fingerprint density at radius 2 is 1.96 bits per heavy atom.